The molecule has 112 valence electrons. The highest BCUT2D eigenvalue weighted by molar-refractivity contribution is 5.60. The van der Waals surface area contributed by atoms with Gasteiger partial charge in [0.25, 0.3) is 0 Å². The van der Waals surface area contributed by atoms with Crippen LogP contribution < -0.4 is 5.32 Å². The fraction of sp³-hybridized carbons (Fsp3) is 0.467. The minimum absolute atomic E-state index is 0.164. The van der Waals surface area contributed by atoms with Crippen molar-refractivity contribution in [3.05, 3.63) is 24.1 Å². The molecule has 0 saturated carbocycles. The molecule has 21 heavy (non-hydrogen) atoms. The summed E-state index contributed by atoms with van der Waals surface area (Å²) in [5.41, 5.74) is 0.392. The van der Waals surface area contributed by atoms with Crippen LogP contribution in [0.2, 0.25) is 0 Å². The number of nitrogens with zero attached hydrogens (tertiary/aromatic N) is 2. The lowest BCUT2D eigenvalue weighted by atomic mass is 9.92. The van der Waals surface area contributed by atoms with Crippen molar-refractivity contribution in [2.24, 2.45) is 0 Å². The van der Waals surface area contributed by atoms with E-state index in [9.17, 15) is 10.2 Å². The van der Waals surface area contributed by atoms with E-state index in [1.807, 2.05) is 0 Å². The van der Waals surface area contributed by atoms with Crippen molar-refractivity contribution < 1.29 is 14.7 Å². The Balaban J connectivity index is 1.93. The third-order valence-corrected chi connectivity index (χ3v) is 3.99. The molecule has 1 aromatic heterocycles. The number of hydrogen-bond acceptors (Lipinski definition) is 6. The molecule has 3 rings (SSSR count). The first-order valence-corrected chi connectivity index (χ1v) is 7.26. The Bertz CT molecular complexity index is 633. The van der Waals surface area contributed by atoms with Crippen LogP contribution in [0.4, 0.5) is 0 Å². The number of rotatable bonds is 4. The zero-order chi connectivity index (χ0) is 14.9. The van der Waals surface area contributed by atoms with Crippen molar-refractivity contribution >= 4 is 0 Å². The first-order chi connectivity index (χ1) is 10.1. The lowest BCUT2D eigenvalue weighted by molar-refractivity contribution is 0.241. The largest absolute Gasteiger partial charge is 0.504 e. The lowest BCUT2D eigenvalue weighted by Gasteiger charge is -2.24. The Morgan fingerprint density at radius 1 is 1.33 bits per heavy atom. The first kappa shape index (κ1) is 13.9. The number of phenolic OH excluding ortho intramolecular Hbond substituents is 2. The number of nitrogens with one attached hydrogen (secondary N) is 1. The van der Waals surface area contributed by atoms with E-state index >= 15 is 0 Å². The van der Waals surface area contributed by atoms with Crippen molar-refractivity contribution in [3.63, 3.8) is 0 Å². The zero-order valence-electron chi connectivity index (χ0n) is 12.0. The molecular formula is C15H19N3O3. The van der Waals surface area contributed by atoms with Crippen LogP contribution >= 0.6 is 0 Å². The highest BCUT2D eigenvalue weighted by atomic mass is 16.5. The van der Waals surface area contributed by atoms with Gasteiger partial charge in [0.1, 0.15) is 0 Å². The fourth-order valence-corrected chi connectivity index (χ4v) is 2.93. The molecule has 0 amide bonds. The molecule has 0 spiro atoms. The molecule has 3 N–H and O–H groups in total. The number of aromatic nitrogens is 2. The van der Waals surface area contributed by atoms with Crippen LogP contribution in [-0.4, -0.2) is 26.9 Å². The Hall–Kier alpha value is -2.08. The van der Waals surface area contributed by atoms with Gasteiger partial charge in [0.2, 0.25) is 11.7 Å². The van der Waals surface area contributed by atoms with Gasteiger partial charge in [-0.2, -0.15) is 4.98 Å². The van der Waals surface area contributed by atoms with Gasteiger partial charge in [0, 0.05) is 5.56 Å². The molecule has 1 fully saturated rings. The average Bonchev–Trinajstić information content (AvgIpc) is 3.12. The monoisotopic (exact) mass is 289 g/mol. The van der Waals surface area contributed by atoms with Crippen molar-refractivity contribution in [2.45, 2.75) is 38.1 Å². The van der Waals surface area contributed by atoms with Crippen LogP contribution in [0.15, 0.2) is 22.7 Å². The summed E-state index contributed by atoms with van der Waals surface area (Å²) in [5.74, 6) is 0.664. The summed E-state index contributed by atoms with van der Waals surface area (Å²) in [4.78, 5) is 4.49. The van der Waals surface area contributed by atoms with Crippen LogP contribution in [0.5, 0.6) is 11.5 Å². The summed E-state index contributed by atoms with van der Waals surface area (Å²) in [5, 5.41) is 26.4. The van der Waals surface area contributed by atoms with Crippen molar-refractivity contribution in [2.75, 3.05) is 6.54 Å². The van der Waals surface area contributed by atoms with Gasteiger partial charge in [-0.3, -0.25) is 0 Å². The third kappa shape index (κ3) is 2.47. The molecule has 6 heteroatoms. The van der Waals surface area contributed by atoms with Gasteiger partial charge in [-0.25, -0.2) is 0 Å². The Kier molecular flexibility index (Phi) is 3.55. The Morgan fingerprint density at radius 3 is 2.86 bits per heavy atom. The molecule has 6 nitrogen and oxygen atoms in total. The molecule has 1 unspecified atom stereocenters. The summed E-state index contributed by atoms with van der Waals surface area (Å²) < 4.78 is 5.46. The predicted octanol–water partition coefficient (Wildman–Crippen LogP) is 2.53. The highest BCUT2D eigenvalue weighted by Gasteiger charge is 2.39. The smallest absolute Gasteiger partial charge is 0.247 e. The van der Waals surface area contributed by atoms with Crippen LogP contribution in [0.25, 0.3) is 11.4 Å². The van der Waals surface area contributed by atoms with Gasteiger partial charge in [-0.1, -0.05) is 18.5 Å². The summed E-state index contributed by atoms with van der Waals surface area (Å²) >= 11 is 0. The average molecular weight is 289 g/mol. The Morgan fingerprint density at radius 2 is 2.19 bits per heavy atom. The minimum atomic E-state index is -0.223. The lowest BCUT2D eigenvalue weighted by Crippen LogP contribution is -2.36. The van der Waals surface area contributed by atoms with Gasteiger partial charge in [-0.15, -0.1) is 0 Å². The van der Waals surface area contributed by atoms with E-state index in [2.05, 4.69) is 22.4 Å². The second kappa shape index (κ2) is 5.37. The fourth-order valence-electron chi connectivity index (χ4n) is 2.93. The molecule has 1 atom stereocenters. The molecule has 1 saturated heterocycles. The molecule has 2 aromatic rings. The molecule has 1 aromatic carbocycles. The number of phenols is 2. The summed E-state index contributed by atoms with van der Waals surface area (Å²) in [7, 11) is 0. The van der Waals surface area contributed by atoms with Crippen LogP contribution in [0.3, 0.4) is 0 Å². The maximum atomic E-state index is 9.57. The summed E-state index contributed by atoms with van der Waals surface area (Å²) in [6.45, 7) is 3.09. The highest BCUT2D eigenvalue weighted by Crippen LogP contribution is 2.36. The second-order valence-corrected chi connectivity index (χ2v) is 5.49. The van der Waals surface area contributed by atoms with Crippen molar-refractivity contribution in [1.29, 1.82) is 0 Å². The molecule has 0 radical (unpaired) electrons. The second-order valence-electron chi connectivity index (χ2n) is 5.49. The standard InChI is InChI=1S/C15H19N3O3/c1-2-6-15(7-3-8-16-15)14-17-13(18-21-14)10-4-5-11(19)12(20)9-10/h4-5,9,16,19-20H,2-3,6-8H2,1H3. The van der Waals surface area contributed by atoms with E-state index in [0.29, 0.717) is 17.3 Å². The van der Waals surface area contributed by atoms with E-state index in [1.54, 1.807) is 6.07 Å². The van der Waals surface area contributed by atoms with Gasteiger partial charge in [0.05, 0.1) is 5.54 Å². The van der Waals surface area contributed by atoms with E-state index in [4.69, 9.17) is 4.52 Å². The third-order valence-electron chi connectivity index (χ3n) is 3.99. The maximum Gasteiger partial charge on any atom is 0.247 e. The number of hydrogen-bond donors (Lipinski definition) is 3. The van der Waals surface area contributed by atoms with Gasteiger partial charge >= 0.3 is 0 Å². The molecular weight excluding hydrogens is 270 g/mol. The first-order valence-electron chi connectivity index (χ1n) is 7.26. The normalized spacial score (nSPS) is 21.8. The van der Waals surface area contributed by atoms with Crippen LogP contribution in [-0.2, 0) is 5.54 Å². The topological polar surface area (TPSA) is 91.4 Å². The Labute approximate surface area is 122 Å². The van der Waals surface area contributed by atoms with Gasteiger partial charge in [0.15, 0.2) is 11.5 Å². The van der Waals surface area contributed by atoms with E-state index in [0.717, 1.165) is 32.2 Å². The van der Waals surface area contributed by atoms with Gasteiger partial charge in [-0.05, 0) is 44.0 Å². The maximum absolute atomic E-state index is 9.57. The summed E-state index contributed by atoms with van der Waals surface area (Å²) in [6, 6.07) is 4.49. The van der Waals surface area contributed by atoms with E-state index < -0.39 is 0 Å². The minimum Gasteiger partial charge on any atom is -0.504 e. The molecule has 1 aliphatic rings. The number of benzene rings is 1. The zero-order valence-corrected chi connectivity index (χ0v) is 12.0. The van der Waals surface area contributed by atoms with Crippen molar-refractivity contribution in [3.8, 4) is 22.9 Å². The SMILES string of the molecule is CCCC1(c2nc(-c3ccc(O)c(O)c3)no2)CCCN1. The van der Waals surface area contributed by atoms with E-state index in [1.165, 1.54) is 12.1 Å². The van der Waals surface area contributed by atoms with Crippen molar-refractivity contribution in [1.82, 2.24) is 15.5 Å². The van der Waals surface area contributed by atoms with Crippen LogP contribution in [0.1, 0.15) is 38.5 Å². The summed E-state index contributed by atoms with van der Waals surface area (Å²) in [6.07, 6.45) is 4.07. The molecule has 0 aliphatic carbocycles. The van der Waals surface area contributed by atoms with E-state index in [-0.39, 0.29) is 17.0 Å². The quantitative estimate of drug-likeness (QED) is 0.749. The van der Waals surface area contributed by atoms with Gasteiger partial charge < -0.3 is 20.1 Å². The molecule has 1 aliphatic heterocycles. The molecule has 0 bridgehead atoms. The van der Waals surface area contributed by atoms with Crippen LogP contribution in [0, 0.1) is 0 Å². The molecule has 2 heterocycles. The number of aromatic hydroxyl groups is 2. The predicted molar refractivity (Wildman–Crippen MR) is 76.9 cm³/mol.